The fourth-order valence-corrected chi connectivity index (χ4v) is 5.15. The number of likely N-dealkylation sites (tertiary alicyclic amines) is 1. The van der Waals surface area contributed by atoms with Crippen molar-refractivity contribution < 1.29 is 14.6 Å². The normalized spacial score (nSPS) is 21.6. The number of hydrogen-bond donors (Lipinski definition) is 3. The third kappa shape index (κ3) is 3.36. The molecule has 0 aliphatic carbocycles. The van der Waals surface area contributed by atoms with E-state index in [1.165, 1.54) is 10.9 Å². The van der Waals surface area contributed by atoms with Crippen molar-refractivity contribution in [1.29, 1.82) is 0 Å². The van der Waals surface area contributed by atoms with Crippen molar-refractivity contribution in [2.45, 2.75) is 44.2 Å². The second-order valence-corrected chi connectivity index (χ2v) is 8.81. The van der Waals surface area contributed by atoms with Gasteiger partial charge in [-0.2, -0.15) is 0 Å². The summed E-state index contributed by atoms with van der Waals surface area (Å²) in [6.45, 7) is 6.40. The second-order valence-electron chi connectivity index (χ2n) is 8.81. The SMILES string of the molecule is COc1ccc2c3c([nH]c2c1)[C@@H](CO)N(C)CC31CCN(C(=O)NC(C)C)CC1. The number of nitrogens with one attached hydrogen (secondary N) is 2. The maximum atomic E-state index is 12.5. The van der Waals surface area contributed by atoms with Crippen LogP contribution in [0.5, 0.6) is 5.75 Å². The number of amides is 2. The van der Waals surface area contributed by atoms with Crippen LogP contribution in [-0.2, 0) is 5.41 Å². The Morgan fingerprint density at radius 3 is 2.72 bits per heavy atom. The van der Waals surface area contributed by atoms with Gasteiger partial charge in [-0.05, 0) is 51.4 Å². The van der Waals surface area contributed by atoms with Gasteiger partial charge in [0, 0.05) is 53.8 Å². The van der Waals surface area contributed by atoms with Crippen molar-refractivity contribution in [2.75, 3.05) is 40.4 Å². The molecule has 7 heteroatoms. The number of aromatic amines is 1. The topological polar surface area (TPSA) is 80.8 Å². The minimum absolute atomic E-state index is 0.0242. The molecule has 1 atom stereocenters. The average molecular weight is 401 g/mol. The Balaban J connectivity index is 1.72. The Morgan fingerprint density at radius 2 is 2.10 bits per heavy atom. The number of aromatic nitrogens is 1. The van der Waals surface area contributed by atoms with E-state index in [1.807, 2.05) is 30.9 Å². The number of rotatable bonds is 3. The zero-order valence-electron chi connectivity index (χ0n) is 17.8. The fourth-order valence-electron chi connectivity index (χ4n) is 5.15. The van der Waals surface area contributed by atoms with Crippen LogP contribution in [0.1, 0.15) is 44.0 Å². The van der Waals surface area contributed by atoms with Gasteiger partial charge in [0.05, 0.1) is 19.8 Å². The first-order valence-corrected chi connectivity index (χ1v) is 10.4. The smallest absolute Gasteiger partial charge is 0.317 e. The number of carbonyl (C=O) groups excluding carboxylic acids is 1. The van der Waals surface area contributed by atoms with E-state index in [0.29, 0.717) is 0 Å². The number of ether oxygens (including phenoxy) is 1. The summed E-state index contributed by atoms with van der Waals surface area (Å²) in [7, 11) is 3.75. The molecular formula is C22H32N4O3. The lowest BCUT2D eigenvalue weighted by Gasteiger charge is -2.49. The molecule has 3 N–H and O–H groups in total. The highest BCUT2D eigenvalue weighted by Gasteiger charge is 2.46. The molecule has 29 heavy (non-hydrogen) atoms. The molecule has 0 unspecified atom stereocenters. The van der Waals surface area contributed by atoms with Crippen molar-refractivity contribution in [3.05, 3.63) is 29.5 Å². The van der Waals surface area contributed by atoms with Crippen molar-refractivity contribution in [3.8, 4) is 5.75 Å². The summed E-state index contributed by atoms with van der Waals surface area (Å²) in [4.78, 5) is 20.2. The molecule has 4 rings (SSSR count). The van der Waals surface area contributed by atoms with Crippen LogP contribution in [0.25, 0.3) is 10.9 Å². The third-order valence-corrected chi connectivity index (χ3v) is 6.58. The fraction of sp³-hybridized carbons (Fsp3) is 0.591. The molecule has 2 aromatic rings. The van der Waals surface area contributed by atoms with Crippen LogP contribution in [0.15, 0.2) is 18.2 Å². The molecule has 0 bridgehead atoms. The van der Waals surface area contributed by atoms with Gasteiger partial charge in [-0.3, -0.25) is 4.90 Å². The minimum atomic E-state index is -0.0451. The van der Waals surface area contributed by atoms with Gasteiger partial charge in [-0.15, -0.1) is 0 Å². The number of hydrogen-bond acceptors (Lipinski definition) is 4. The quantitative estimate of drug-likeness (QED) is 0.740. The molecular weight excluding hydrogens is 368 g/mol. The standard InChI is InChI=1S/C22H32N4O3/c1-14(2)23-21(28)26-9-7-22(8-10-26)13-25(3)18(12-27)20-19(22)16-6-5-15(29-4)11-17(16)24-20/h5-6,11,14,18,24,27H,7-10,12-13H2,1-4H3,(H,23,28)/t18-/m1/s1. The molecule has 2 aliphatic heterocycles. The van der Waals surface area contributed by atoms with Gasteiger partial charge >= 0.3 is 6.03 Å². The lowest BCUT2D eigenvalue weighted by atomic mass is 9.68. The lowest BCUT2D eigenvalue weighted by Crippen LogP contribution is -2.55. The Labute approximate surface area is 172 Å². The van der Waals surface area contributed by atoms with Gasteiger partial charge in [0.1, 0.15) is 5.75 Å². The highest BCUT2D eigenvalue weighted by Crippen LogP contribution is 2.48. The van der Waals surface area contributed by atoms with E-state index in [0.717, 1.165) is 49.4 Å². The Bertz CT molecular complexity index is 899. The molecule has 1 aromatic heterocycles. The second kappa shape index (κ2) is 7.54. The predicted octanol–water partition coefficient (Wildman–Crippen LogP) is 2.61. The highest BCUT2D eigenvalue weighted by atomic mass is 16.5. The van der Waals surface area contributed by atoms with Gasteiger partial charge in [-0.1, -0.05) is 0 Å². The van der Waals surface area contributed by atoms with E-state index >= 15 is 0 Å². The number of H-pyrrole nitrogens is 1. The van der Waals surface area contributed by atoms with Gasteiger partial charge in [-0.25, -0.2) is 4.79 Å². The number of urea groups is 1. The summed E-state index contributed by atoms with van der Waals surface area (Å²) in [6, 6.07) is 6.28. The van der Waals surface area contributed by atoms with E-state index < -0.39 is 0 Å². The zero-order valence-corrected chi connectivity index (χ0v) is 17.8. The van der Waals surface area contributed by atoms with E-state index in [4.69, 9.17) is 4.74 Å². The first-order valence-electron chi connectivity index (χ1n) is 10.4. The molecule has 0 radical (unpaired) electrons. The van der Waals surface area contributed by atoms with Gasteiger partial charge in [0.25, 0.3) is 0 Å². The number of fused-ring (bicyclic) bond motifs is 4. The molecule has 7 nitrogen and oxygen atoms in total. The van der Waals surface area contributed by atoms with Crippen molar-refractivity contribution in [1.82, 2.24) is 20.1 Å². The number of aliphatic hydroxyl groups excluding tert-OH is 1. The molecule has 1 fully saturated rings. The first-order chi connectivity index (χ1) is 13.9. The highest BCUT2D eigenvalue weighted by molar-refractivity contribution is 5.88. The van der Waals surface area contributed by atoms with Crippen LogP contribution >= 0.6 is 0 Å². The van der Waals surface area contributed by atoms with E-state index in [-0.39, 0.29) is 30.1 Å². The van der Waals surface area contributed by atoms with Crippen LogP contribution in [0.2, 0.25) is 0 Å². The number of carbonyl (C=O) groups is 1. The molecule has 1 spiro atoms. The molecule has 2 amide bonds. The summed E-state index contributed by atoms with van der Waals surface area (Å²) in [5, 5.41) is 14.3. The molecule has 2 aliphatic rings. The summed E-state index contributed by atoms with van der Waals surface area (Å²) in [6.07, 6.45) is 1.82. The Morgan fingerprint density at radius 1 is 1.38 bits per heavy atom. The Hall–Kier alpha value is -2.25. The van der Waals surface area contributed by atoms with Gasteiger partial charge in [0.15, 0.2) is 0 Å². The summed E-state index contributed by atoms with van der Waals surface area (Å²) in [5.41, 5.74) is 3.43. The van der Waals surface area contributed by atoms with Crippen molar-refractivity contribution in [3.63, 3.8) is 0 Å². The van der Waals surface area contributed by atoms with Gasteiger partial charge < -0.3 is 25.0 Å². The molecule has 0 saturated carbocycles. The van der Waals surface area contributed by atoms with Crippen LogP contribution in [0.3, 0.4) is 0 Å². The van der Waals surface area contributed by atoms with Crippen LogP contribution in [0.4, 0.5) is 4.79 Å². The predicted molar refractivity (Wildman–Crippen MR) is 113 cm³/mol. The number of methoxy groups -OCH3 is 1. The molecule has 1 saturated heterocycles. The van der Waals surface area contributed by atoms with Crippen molar-refractivity contribution >= 4 is 16.9 Å². The minimum Gasteiger partial charge on any atom is -0.497 e. The Kier molecular flexibility index (Phi) is 5.21. The molecule has 158 valence electrons. The van der Waals surface area contributed by atoms with Crippen molar-refractivity contribution in [2.24, 2.45) is 0 Å². The maximum absolute atomic E-state index is 12.5. The number of aliphatic hydroxyl groups is 1. The van der Waals surface area contributed by atoms with E-state index in [9.17, 15) is 9.90 Å². The number of likely N-dealkylation sites (N-methyl/N-ethyl adjacent to an activating group) is 1. The van der Waals surface area contributed by atoms with Crippen LogP contribution in [0, 0.1) is 0 Å². The third-order valence-electron chi connectivity index (χ3n) is 6.58. The van der Waals surface area contributed by atoms with Crippen LogP contribution in [-0.4, -0.2) is 72.4 Å². The monoisotopic (exact) mass is 400 g/mol. The molecule has 3 heterocycles. The van der Waals surface area contributed by atoms with Gasteiger partial charge in [0.2, 0.25) is 0 Å². The lowest BCUT2D eigenvalue weighted by molar-refractivity contribution is 0.0721. The molecule has 1 aromatic carbocycles. The summed E-state index contributed by atoms with van der Waals surface area (Å²) < 4.78 is 5.41. The zero-order chi connectivity index (χ0) is 20.8. The number of piperidine rings is 1. The number of nitrogens with zero attached hydrogens (tertiary/aromatic N) is 2. The maximum Gasteiger partial charge on any atom is 0.317 e. The summed E-state index contributed by atoms with van der Waals surface area (Å²) >= 11 is 0. The largest absolute Gasteiger partial charge is 0.497 e. The number of benzene rings is 1. The summed E-state index contributed by atoms with van der Waals surface area (Å²) in [5.74, 6) is 0.819. The first kappa shape index (κ1) is 20.0. The average Bonchev–Trinajstić information content (AvgIpc) is 3.07. The van der Waals surface area contributed by atoms with E-state index in [1.54, 1.807) is 7.11 Å². The van der Waals surface area contributed by atoms with E-state index in [2.05, 4.69) is 28.3 Å². The van der Waals surface area contributed by atoms with Crippen LogP contribution < -0.4 is 10.1 Å².